The van der Waals surface area contributed by atoms with Gasteiger partial charge in [-0.2, -0.15) is 5.26 Å². The molecule has 0 amide bonds. The molecule has 0 fully saturated rings. The highest BCUT2D eigenvalue weighted by molar-refractivity contribution is 7.15. The van der Waals surface area contributed by atoms with Crippen LogP contribution in [0.25, 0.3) is 10.6 Å². The Morgan fingerprint density at radius 2 is 2.19 bits per heavy atom. The van der Waals surface area contributed by atoms with E-state index in [1.165, 1.54) is 11.3 Å². The average Bonchev–Trinajstić information content (AvgIpc) is 2.61. The number of hydrogen-bond donors (Lipinski definition) is 0. The second-order valence-corrected chi connectivity index (χ2v) is 4.96. The van der Waals surface area contributed by atoms with Crippen LogP contribution in [0.3, 0.4) is 0 Å². The molecule has 1 aromatic carbocycles. The molecule has 1 heterocycles. The number of halogens is 2. The SMILES string of the molecule is N#CCc1sc(-c2cccc(Cl)c2)nc1Cl. The summed E-state index contributed by atoms with van der Waals surface area (Å²) in [6.07, 6.45) is 0.289. The lowest BCUT2D eigenvalue weighted by molar-refractivity contribution is 1.28. The number of thiazole rings is 1. The third-order valence-corrected chi connectivity index (χ3v) is 3.73. The van der Waals surface area contributed by atoms with E-state index in [1.807, 2.05) is 18.2 Å². The molecule has 0 saturated carbocycles. The van der Waals surface area contributed by atoms with E-state index < -0.39 is 0 Å². The van der Waals surface area contributed by atoms with Gasteiger partial charge in [-0.05, 0) is 12.1 Å². The van der Waals surface area contributed by atoms with Gasteiger partial charge >= 0.3 is 0 Å². The Bertz CT molecular complexity index is 557. The Kier molecular flexibility index (Phi) is 3.45. The summed E-state index contributed by atoms with van der Waals surface area (Å²) in [4.78, 5) is 5.01. The molecule has 2 nitrogen and oxygen atoms in total. The van der Waals surface area contributed by atoms with Crippen LogP contribution in [-0.2, 0) is 6.42 Å². The van der Waals surface area contributed by atoms with Gasteiger partial charge in [0.25, 0.3) is 0 Å². The zero-order chi connectivity index (χ0) is 11.5. The first-order valence-corrected chi connectivity index (χ1v) is 6.06. The molecule has 0 radical (unpaired) electrons. The number of aromatic nitrogens is 1. The van der Waals surface area contributed by atoms with Crippen molar-refractivity contribution in [3.05, 3.63) is 39.3 Å². The van der Waals surface area contributed by atoms with Crippen LogP contribution in [0.1, 0.15) is 4.88 Å². The van der Waals surface area contributed by atoms with Crippen molar-refractivity contribution in [1.82, 2.24) is 4.98 Å². The summed E-state index contributed by atoms with van der Waals surface area (Å²) in [5.41, 5.74) is 0.920. The quantitative estimate of drug-likeness (QED) is 0.819. The van der Waals surface area contributed by atoms with Gasteiger partial charge in [0.05, 0.1) is 17.4 Å². The van der Waals surface area contributed by atoms with E-state index in [0.717, 1.165) is 15.4 Å². The zero-order valence-electron chi connectivity index (χ0n) is 8.08. The van der Waals surface area contributed by atoms with Crippen molar-refractivity contribution in [2.24, 2.45) is 0 Å². The molecule has 0 spiro atoms. The lowest BCUT2D eigenvalue weighted by Gasteiger charge is -1.95. The van der Waals surface area contributed by atoms with Crippen molar-refractivity contribution >= 4 is 34.5 Å². The highest BCUT2D eigenvalue weighted by Gasteiger charge is 2.10. The van der Waals surface area contributed by atoms with Crippen molar-refractivity contribution in [3.63, 3.8) is 0 Å². The molecule has 0 aliphatic heterocycles. The number of nitrogens with zero attached hydrogens (tertiary/aromatic N) is 2. The maximum atomic E-state index is 8.62. The van der Waals surface area contributed by atoms with Crippen LogP contribution >= 0.6 is 34.5 Å². The fraction of sp³-hybridized carbons (Fsp3) is 0.0909. The van der Waals surface area contributed by atoms with Crippen LogP contribution in [0, 0.1) is 11.3 Å². The first-order chi connectivity index (χ1) is 7.70. The van der Waals surface area contributed by atoms with Gasteiger partial charge in [-0.1, -0.05) is 35.3 Å². The number of rotatable bonds is 2. The van der Waals surface area contributed by atoms with Crippen LogP contribution in [0.5, 0.6) is 0 Å². The minimum atomic E-state index is 0.289. The van der Waals surface area contributed by atoms with Gasteiger partial charge in [-0.25, -0.2) is 4.98 Å². The fourth-order valence-electron chi connectivity index (χ4n) is 1.26. The number of hydrogen-bond acceptors (Lipinski definition) is 3. The van der Waals surface area contributed by atoms with Crippen LogP contribution in [-0.4, -0.2) is 4.98 Å². The van der Waals surface area contributed by atoms with E-state index in [9.17, 15) is 0 Å². The maximum absolute atomic E-state index is 8.62. The molecule has 80 valence electrons. The first kappa shape index (κ1) is 11.4. The second kappa shape index (κ2) is 4.84. The molecule has 0 atom stereocenters. The smallest absolute Gasteiger partial charge is 0.144 e. The van der Waals surface area contributed by atoms with Gasteiger partial charge in [0.2, 0.25) is 0 Å². The third kappa shape index (κ3) is 2.35. The highest BCUT2D eigenvalue weighted by Crippen LogP contribution is 2.32. The van der Waals surface area contributed by atoms with E-state index in [4.69, 9.17) is 28.5 Å². The standard InChI is InChI=1S/C11H6Cl2N2S/c12-8-3-1-2-7(6-8)11-15-10(13)9(16-11)4-5-14/h1-3,6H,4H2. The molecule has 0 aliphatic carbocycles. The molecule has 0 saturated heterocycles. The lowest BCUT2D eigenvalue weighted by Crippen LogP contribution is -1.75. The second-order valence-electron chi connectivity index (χ2n) is 3.08. The first-order valence-electron chi connectivity index (χ1n) is 4.49. The fourth-order valence-corrected chi connectivity index (χ4v) is 2.65. The van der Waals surface area contributed by atoms with Gasteiger partial charge in [0, 0.05) is 10.6 Å². The molecule has 16 heavy (non-hydrogen) atoms. The van der Waals surface area contributed by atoms with Gasteiger partial charge in [-0.15, -0.1) is 11.3 Å². The van der Waals surface area contributed by atoms with E-state index in [-0.39, 0.29) is 6.42 Å². The Labute approximate surface area is 107 Å². The predicted octanol–water partition coefficient (Wildman–Crippen LogP) is 4.18. The van der Waals surface area contributed by atoms with Crippen molar-refractivity contribution in [1.29, 1.82) is 5.26 Å². The normalized spacial score (nSPS) is 10.1. The largest absolute Gasteiger partial charge is 0.224 e. The topological polar surface area (TPSA) is 36.7 Å². The van der Waals surface area contributed by atoms with Crippen LogP contribution in [0.2, 0.25) is 10.2 Å². The third-order valence-electron chi connectivity index (χ3n) is 1.96. The molecule has 0 unspecified atom stereocenters. The summed E-state index contributed by atoms with van der Waals surface area (Å²) in [6.45, 7) is 0. The van der Waals surface area contributed by atoms with E-state index in [1.54, 1.807) is 6.07 Å². The summed E-state index contributed by atoms with van der Waals surface area (Å²) in [7, 11) is 0. The van der Waals surface area contributed by atoms with Crippen molar-refractivity contribution in [3.8, 4) is 16.6 Å². The minimum Gasteiger partial charge on any atom is -0.224 e. The molecule has 2 rings (SSSR count). The maximum Gasteiger partial charge on any atom is 0.144 e. The Morgan fingerprint density at radius 1 is 1.38 bits per heavy atom. The summed E-state index contributed by atoms with van der Waals surface area (Å²) in [5.74, 6) is 0. The van der Waals surface area contributed by atoms with Crippen molar-refractivity contribution in [2.45, 2.75) is 6.42 Å². The number of nitriles is 1. The summed E-state index contributed by atoms with van der Waals surface area (Å²) in [5, 5.41) is 10.5. The summed E-state index contributed by atoms with van der Waals surface area (Å²) >= 11 is 13.2. The molecule has 2 aromatic rings. The van der Waals surface area contributed by atoms with Crippen molar-refractivity contribution < 1.29 is 0 Å². The monoisotopic (exact) mass is 268 g/mol. The molecule has 1 aromatic heterocycles. The zero-order valence-corrected chi connectivity index (χ0v) is 10.4. The highest BCUT2D eigenvalue weighted by atomic mass is 35.5. The van der Waals surface area contributed by atoms with Crippen LogP contribution in [0.15, 0.2) is 24.3 Å². The average molecular weight is 269 g/mol. The van der Waals surface area contributed by atoms with Crippen LogP contribution < -0.4 is 0 Å². The van der Waals surface area contributed by atoms with Gasteiger partial charge in [-0.3, -0.25) is 0 Å². The predicted molar refractivity (Wildman–Crippen MR) is 66.9 cm³/mol. The molecular weight excluding hydrogens is 263 g/mol. The van der Waals surface area contributed by atoms with Gasteiger partial charge in [0.15, 0.2) is 0 Å². The van der Waals surface area contributed by atoms with E-state index >= 15 is 0 Å². The Hall–Kier alpha value is -1.08. The Morgan fingerprint density at radius 3 is 2.88 bits per heavy atom. The molecule has 5 heteroatoms. The van der Waals surface area contributed by atoms with Crippen LogP contribution in [0.4, 0.5) is 0 Å². The molecule has 0 bridgehead atoms. The Balaban J connectivity index is 2.42. The minimum absolute atomic E-state index is 0.289. The van der Waals surface area contributed by atoms with Crippen molar-refractivity contribution in [2.75, 3.05) is 0 Å². The molecular formula is C11H6Cl2N2S. The van der Waals surface area contributed by atoms with Gasteiger partial charge < -0.3 is 0 Å². The van der Waals surface area contributed by atoms with E-state index in [2.05, 4.69) is 11.1 Å². The molecule has 0 aliphatic rings. The summed E-state index contributed by atoms with van der Waals surface area (Å²) < 4.78 is 0. The summed E-state index contributed by atoms with van der Waals surface area (Å²) in [6, 6.07) is 9.46. The molecule has 0 N–H and O–H groups in total. The van der Waals surface area contributed by atoms with E-state index in [0.29, 0.717) is 10.2 Å². The lowest BCUT2D eigenvalue weighted by atomic mass is 10.2. The van der Waals surface area contributed by atoms with Gasteiger partial charge in [0.1, 0.15) is 10.2 Å². The number of benzene rings is 1.